The predicted octanol–water partition coefficient (Wildman–Crippen LogP) is 3.34. The molecule has 0 aromatic heterocycles. The van der Waals surface area contributed by atoms with E-state index in [0.29, 0.717) is 6.79 Å². The first-order valence-electron chi connectivity index (χ1n) is 7.07. The van der Waals surface area contributed by atoms with Gasteiger partial charge in [-0.2, -0.15) is 0 Å². The maximum Gasteiger partial charge on any atom is 0.189 e. The summed E-state index contributed by atoms with van der Waals surface area (Å²) < 4.78 is 11.1. The second kappa shape index (κ2) is 6.40. The molecule has 1 fully saturated rings. The highest BCUT2D eigenvalue weighted by molar-refractivity contribution is 5.28. The van der Waals surface area contributed by atoms with Gasteiger partial charge in [-0.3, -0.25) is 0 Å². The molecule has 19 heavy (non-hydrogen) atoms. The largest absolute Gasteiger partial charge is 0.468 e. The molecule has 0 aliphatic heterocycles. The van der Waals surface area contributed by atoms with E-state index >= 15 is 0 Å². The molecule has 1 N–H and O–H groups in total. The topological polar surface area (TPSA) is 30.5 Å². The lowest BCUT2D eigenvalue weighted by atomic mass is 10.1. The molecule has 0 unspecified atom stereocenters. The maximum absolute atomic E-state index is 5.61. The average Bonchev–Trinajstić information content (AvgIpc) is 3.16. The zero-order valence-electron chi connectivity index (χ0n) is 12.2. The van der Waals surface area contributed by atoms with Crippen molar-refractivity contribution in [3.05, 3.63) is 29.8 Å². The molecule has 0 amide bonds. The quantitative estimate of drug-likeness (QED) is 0.604. The predicted molar refractivity (Wildman–Crippen MR) is 77.2 cm³/mol. The zero-order valence-corrected chi connectivity index (χ0v) is 12.2. The van der Waals surface area contributed by atoms with Gasteiger partial charge < -0.3 is 14.8 Å². The Hall–Kier alpha value is -1.06. The van der Waals surface area contributed by atoms with Crippen molar-refractivity contribution < 1.29 is 9.47 Å². The summed E-state index contributed by atoms with van der Waals surface area (Å²) in [5, 5.41) is 3.47. The van der Waals surface area contributed by atoms with E-state index < -0.39 is 0 Å². The molecule has 3 heteroatoms. The number of hydrogen-bond acceptors (Lipinski definition) is 3. The number of rotatable bonds is 7. The molecule has 106 valence electrons. The van der Waals surface area contributed by atoms with Crippen LogP contribution in [0.5, 0.6) is 5.75 Å². The highest BCUT2D eigenvalue weighted by Crippen LogP contribution is 2.28. The number of benzene rings is 1. The van der Waals surface area contributed by atoms with E-state index in [9.17, 15) is 0 Å². The van der Waals surface area contributed by atoms with E-state index in [-0.39, 0.29) is 5.54 Å². The second-order valence-corrected chi connectivity index (χ2v) is 6.33. The lowest BCUT2D eigenvalue weighted by Gasteiger charge is -2.20. The Morgan fingerprint density at radius 3 is 2.74 bits per heavy atom. The molecule has 0 atom stereocenters. The Kier molecular flexibility index (Phi) is 4.83. The van der Waals surface area contributed by atoms with Crippen LogP contribution in [0.25, 0.3) is 0 Å². The number of ether oxygens (including phenoxy) is 2. The van der Waals surface area contributed by atoms with Crippen molar-refractivity contribution in [1.29, 1.82) is 0 Å². The van der Waals surface area contributed by atoms with Crippen LogP contribution < -0.4 is 10.1 Å². The van der Waals surface area contributed by atoms with Gasteiger partial charge in [-0.15, -0.1) is 0 Å². The van der Waals surface area contributed by atoms with Gasteiger partial charge in [0.05, 0.1) is 6.61 Å². The summed E-state index contributed by atoms with van der Waals surface area (Å²) in [4.78, 5) is 0. The molecule has 2 rings (SSSR count). The van der Waals surface area contributed by atoms with E-state index in [1.165, 1.54) is 18.4 Å². The lowest BCUT2D eigenvalue weighted by Crippen LogP contribution is -2.35. The summed E-state index contributed by atoms with van der Waals surface area (Å²) in [6, 6.07) is 8.17. The Bertz CT molecular complexity index is 394. The minimum absolute atomic E-state index is 0.129. The molecule has 0 saturated heterocycles. The molecule has 1 aliphatic rings. The second-order valence-electron chi connectivity index (χ2n) is 6.33. The van der Waals surface area contributed by atoms with Crippen LogP contribution in [0.3, 0.4) is 0 Å². The number of hydrogen-bond donors (Lipinski definition) is 1. The van der Waals surface area contributed by atoms with Crippen LogP contribution in [0, 0.1) is 5.92 Å². The Morgan fingerprint density at radius 2 is 2.05 bits per heavy atom. The van der Waals surface area contributed by atoms with Gasteiger partial charge in [0.25, 0.3) is 0 Å². The highest BCUT2D eigenvalue weighted by atomic mass is 16.7. The third kappa shape index (κ3) is 6.08. The van der Waals surface area contributed by atoms with Gasteiger partial charge >= 0.3 is 0 Å². The third-order valence-electron chi connectivity index (χ3n) is 3.08. The molecule has 0 bridgehead atoms. The first kappa shape index (κ1) is 14.4. The fourth-order valence-corrected chi connectivity index (χ4v) is 1.72. The first-order valence-corrected chi connectivity index (χ1v) is 7.07. The molecule has 0 radical (unpaired) electrons. The zero-order chi connectivity index (χ0) is 13.7. The Labute approximate surface area is 116 Å². The Balaban J connectivity index is 1.73. The summed E-state index contributed by atoms with van der Waals surface area (Å²) in [6.45, 7) is 8.54. The molecular weight excluding hydrogens is 238 g/mol. The maximum atomic E-state index is 5.61. The number of nitrogens with one attached hydrogen (secondary N) is 1. The van der Waals surface area contributed by atoms with Gasteiger partial charge in [-0.05, 0) is 57.2 Å². The summed E-state index contributed by atoms with van der Waals surface area (Å²) in [7, 11) is 0. The highest BCUT2D eigenvalue weighted by Gasteiger charge is 2.21. The van der Waals surface area contributed by atoms with E-state index in [2.05, 4.69) is 38.2 Å². The smallest absolute Gasteiger partial charge is 0.189 e. The molecule has 1 aliphatic carbocycles. The van der Waals surface area contributed by atoms with Crippen LogP contribution in [-0.2, 0) is 11.3 Å². The van der Waals surface area contributed by atoms with Crippen molar-refractivity contribution in [2.75, 3.05) is 13.4 Å². The molecule has 1 aromatic carbocycles. The van der Waals surface area contributed by atoms with Crippen molar-refractivity contribution in [2.45, 2.75) is 45.7 Å². The minimum Gasteiger partial charge on any atom is -0.468 e. The lowest BCUT2D eigenvalue weighted by molar-refractivity contribution is 0.00994. The van der Waals surface area contributed by atoms with Crippen molar-refractivity contribution in [3.8, 4) is 5.75 Å². The SMILES string of the molecule is CC(C)(C)NCc1cccc(OCOCC2CC2)c1. The van der Waals surface area contributed by atoms with Gasteiger partial charge in [0.2, 0.25) is 0 Å². The van der Waals surface area contributed by atoms with Crippen LogP contribution in [-0.4, -0.2) is 18.9 Å². The van der Waals surface area contributed by atoms with Crippen molar-refractivity contribution in [1.82, 2.24) is 5.32 Å². The monoisotopic (exact) mass is 263 g/mol. The van der Waals surface area contributed by atoms with E-state index in [4.69, 9.17) is 9.47 Å². The van der Waals surface area contributed by atoms with Gasteiger partial charge in [0, 0.05) is 12.1 Å². The standard InChI is InChI=1S/C16H25NO2/c1-16(2,3)17-10-14-5-4-6-15(9-14)19-12-18-11-13-7-8-13/h4-6,9,13,17H,7-8,10-12H2,1-3H3. The normalized spacial score (nSPS) is 15.5. The summed E-state index contributed by atoms with van der Waals surface area (Å²) >= 11 is 0. The van der Waals surface area contributed by atoms with Crippen LogP contribution in [0.4, 0.5) is 0 Å². The summed E-state index contributed by atoms with van der Waals surface area (Å²) in [6.07, 6.45) is 2.63. The average molecular weight is 263 g/mol. The Morgan fingerprint density at radius 1 is 1.26 bits per heavy atom. The van der Waals surface area contributed by atoms with Crippen molar-refractivity contribution in [2.24, 2.45) is 5.92 Å². The van der Waals surface area contributed by atoms with Crippen molar-refractivity contribution >= 4 is 0 Å². The van der Waals surface area contributed by atoms with Crippen LogP contribution >= 0.6 is 0 Å². The third-order valence-corrected chi connectivity index (χ3v) is 3.08. The van der Waals surface area contributed by atoms with E-state index in [1.54, 1.807) is 0 Å². The molecule has 1 aromatic rings. The fourth-order valence-electron chi connectivity index (χ4n) is 1.72. The van der Waals surface area contributed by atoms with Gasteiger partial charge in [-0.25, -0.2) is 0 Å². The van der Waals surface area contributed by atoms with Crippen LogP contribution in [0.1, 0.15) is 39.2 Å². The molecule has 0 heterocycles. The molecule has 1 saturated carbocycles. The summed E-state index contributed by atoms with van der Waals surface area (Å²) in [5.74, 6) is 1.66. The minimum atomic E-state index is 0.129. The van der Waals surface area contributed by atoms with Crippen LogP contribution in [0.2, 0.25) is 0 Å². The van der Waals surface area contributed by atoms with Crippen molar-refractivity contribution in [3.63, 3.8) is 0 Å². The van der Waals surface area contributed by atoms with Gasteiger partial charge in [0.1, 0.15) is 5.75 Å². The fraction of sp³-hybridized carbons (Fsp3) is 0.625. The van der Waals surface area contributed by atoms with Gasteiger partial charge in [-0.1, -0.05) is 12.1 Å². The van der Waals surface area contributed by atoms with E-state index in [1.807, 2.05) is 12.1 Å². The molecule has 0 spiro atoms. The van der Waals surface area contributed by atoms with Crippen LogP contribution in [0.15, 0.2) is 24.3 Å². The van der Waals surface area contributed by atoms with E-state index in [0.717, 1.165) is 24.8 Å². The molecular formula is C16H25NO2. The van der Waals surface area contributed by atoms with Gasteiger partial charge in [0.15, 0.2) is 6.79 Å². The molecule has 3 nitrogen and oxygen atoms in total. The summed E-state index contributed by atoms with van der Waals surface area (Å²) in [5.41, 5.74) is 1.36. The first-order chi connectivity index (χ1) is 9.03.